The maximum Gasteiger partial charge on any atom is 0.223 e. The minimum atomic E-state index is -0.280. The average molecular weight is 262 g/mol. The highest BCUT2D eigenvalue weighted by molar-refractivity contribution is 5.51. The Kier molecular flexibility index (Phi) is 3.76. The lowest BCUT2D eigenvalue weighted by molar-refractivity contribution is 0.623. The van der Waals surface area contributed by atoms with Crippen molar-refractivity contribution in [3.05, 3.63) is 41.7 Å². The highest BCUT2D eigenvalue weighted by atomic mass is 19.1. The van der Waals surface area contributed by atoms with E-state index in [1.807, 2.05) is 13.0 Å². The van der Waals surface area contributed by atoms with E-state index in [1.165, 1.54) is 12.1 Å². The molecule has 0 saturated heterocycles. The summed E-state index contributed by atoms with van der Waals surface area (Å²) in [5.41, 5.74) is 8.76. The Morgan fingerprint density at radius 1 is 1.21 bits per heavy atom. The lowest BCUT2D eigenvalue weighted by atomic mass is 10.1. The number of hydrogen-bond acceptors (Lipinski definition) is 6. The average Bonchev–Trinajstić information content (AvgIpc) is 2.38. The van der Waals surface area contributed by atoms with Crippen LogP contribution >= 0.6 is 0 Å². The third kappa shape index (κ3) is 3.29. The van der Waals surface area contributed by atoms with Crippen molar-refractivity contribution in [1.82, 2.24) is 9.97 Å². The van der Waals surface area contributed by atoms with Crippen LogP contribution in [0.4, 0.5) is 22.0 Å². The van der Waals surface area contributed by atoms with Crippen LogP contribution in [0.2, 0.25) is 0 Å². The van der Waals surface area contributed by atoms with E-state index in [0.29, 0.717) is 11.6 Å². The molecule has 0 spiro atoms. The molecule has 0 amide bonds. The van der Waals surface area contributed by atoms with Crippen LogP contribution in [0.1, 0.15) is 18.5 Å². The number of hydrogen-bond donors (Lipinski definition) is 4. The van der Waals surface area contributed by atoms with E-state index in [1.54, 1.807) is 12.1 Å². The second-order valence-electron chi connectivity index (χ2n) is 4.06. The lowest BCUT2D eigenvalue weighted by Crippen LogP contribution is -2.13. The number of nitrogen functional groups attached to an aromatic ring is 2. The maximum atomic E-state index is 13.1. The Bertz CT molecular complexity index is 574. The molecule has 100 valence electrons. The fraction of sp³-hybridized carbons (Fsp3) is 0.167. The Balaban J connectivity index is 2.18. The van der Waals surface area contributed by atoms with E-state index in [4.69, 9.17) is 11.6 Å². The van der Waals surface area contributed by atoms with Gasteiger partial charge in [-0.05, 0) is 24.6 Å². The number of benzene rings is 1. The van der Waals surface area contributed by atoms with Crippen molar-refractivity contribution < 1.29 is 4.39 Å². The summed E-state index contributed by atoms with van der Waals surface area (Å²) < 4.78 is 13.1. The number of rotatable bonds is 4. The normalized spacial score (nSPS) is 11.9. The predicted molar refractivity (Wildman–Crippen MR) is 72.7 cm³/mol. The summed E-state index contributed by atoms with van der Waals surface area (Å²) in [6.45, 7) is 1.89. The van der Waals surface area contributed by atoms with Crippen molar-refractivity contribution in [3.63, 3.8) is 0 Å². The molecule has 1 unspecified atom stereocenters. The molecular weight excluding hydrogens is 247 g/mol. The van der Waals surface area contributed by atoms with Crippen LogP contribution in [0.25, 0.3) is 0 Å². The molecule has 1 aromatic heterocycles. The molecule has 6 N–H and O–H groups in total. The fourth-order valence-corrected chi connectivity index (χ4v) is 1.69. The van der Waals surface area contributed by atoms with E-state index in [0.717, 1.165) is 5.56 Å². The predicted octanol–water partition coefficient (Wildman–Crippen LogP) is 1.66. The first-order valence-electron chi connectivity index (χ1n) is 5.71. The summed E-state index contributed by atoms with van der Waals surface area (Å²) in [7, 11) is 0. The molecule has 1 atom stereocenters. The van der Waals surface area contributed by atoms with Gasteiger partial charge in [0.25, 0.3) is 0 Å². The highest BCUT2D eigenvalue weighted by Crippen LogP contribution is 2.20. The number of nitrogens with zero attached hydrogens (tertiary/aromatic N) is 2. The van der Waals surface area contributed by atoms with Gasteiger partial charge in [-0.3, -0.25) is 0 Å². The minimum Gasteiger partial charge on any atom is -0.368 e. The van der Waals surface area contributed by atoms with Gasteiger partial charge in [-0.1, -0.05) is 12.1 Å². The summed E-state index contributed by atoms with van der Waals surface area (Å²) in [6, 6.07) is 7.83. The highest BCUT2D eigenvalue weighted by Gasteiger charge is 2.08. The molecule has 1 heterocycles. The summed E-state index contributed by atoms with van der Waals surface area (Å²) in [5, 5.41) is 3.11. The summed E-state index contributed by atoms with van der Waals surface area (Å²) >= 11 is 0. The van der Waals surface area contributed by atoms with Crippen LogP contribution in [-0.2, 0) is 0 Å². The minimum absolute atomic E-state index is 0.101. The molecule has 0 radical (unpaired) electrons. The molecule has 0 bridgehead atoms. The summed E-state index contributed by atoms with van der Waals surface area (Å²) in [6.07, 6.45) is 0. The number of hydrazine groups is 1. The Morgan fingerprint density at radius 3 is 2.63 bits per heavy atom. The maximum absolute atomic E-state index is 13.1. The van der Waals surface area contributed by atoms with Crippen molar-refractivity contribution in [1.29, 1.82) is 0 Å². The van der Waals surface area contributed by atoms with Gasteiger partial charge in [-0.15, -0.1) is 0 Å². The van der Waals surface area contributed by atoms with Crippen LogP contribution in [-0.4, -0.2) is 9.97 Å². The van der Waals surface area contributed by atoms with Gasteiger partial charge in [-0.25, -0.2) is 10.2 Å². The van der Waals surface area contributed by atoms with Gasteiger partial charge in [0, 0.05) is 6.07 Å². The lowest BCUT2D eigenvalue weighted by Gasteiger charge is -2.15. The number of nitrogens with two attached hydrogens (primary N) is 2. The quantitative estimate of drug-likeness (QED) is 0.493. The van der Waals surface area contributed by atoms with E-state index < -0.39 is 0 Å². The van der Waals surface area contributed by atoms with Crippen LogP contribution in [0.5, 0.6) is 0 Å². The van der Waals surface area contributed by atoms with E-state index in [2.05, 4.69) is 20.7 Å². The van der Waals surface area contributed by atoms with Crippen molar-refractivity contribution in [2.24, 2.45) is 5.84 Å². The number of anilines is 3. The molecule has 6 nitrogen and oxygen atoms in total. The standard InChI is InChI=1S/C12H15FN6/c1-7(8-3-2-4-9(13)5-8)16-10-6-11(19-15)18-12(14)17-10/h2-7H,15H2,1H3,(H4,14,16,17,18,19). The smallest absolute Gasteiger partial charge is 0.223 e. The molecular formula is C12H15FN6. The molecule has 0 aliphatic heterocycles. The topological polar surface area (TPSA) is 102 Å². The Morgan fingerprint density at radius 2 is 1.95 bits per heavy atom. The zero-order valence-electron chi connectivity index (χ0n) is 10.4. The van der Waals surface area contributed by atoms with Crippen LogP contribution in [0.3, 0.4) is 0 Å². The zero-order valence-corrected chi connectivity index (χ0v) is 10.4. The Hall–Kier alpha value is -2.41. The first-order chi connectivity index (χ1) is 9.08. The monoisotopic (exact) mass is 262 g/mol. The van der Waals surface area contributed by atoms with Gasteiger partial charge in [0.15, 0.2) is 0 Å². The van der Waals surface area contributed by atoms with Gasteiger partial charge >= 0.3 is 0 Å². The zero-order chi connectivity index (χ0) is 13.8. The first kappa shape index (κ1) is 13.0. The largest absolute Gasteiger partial charge is 0.368 e. The Labute approximate surface area is 110 Å². The number of aromatic nitrogens is 2. The molecule has 0 aliphatic carbocycles. The van der Waals surface area contributed by atoms with E-state index in [9.17, 15) is 4.39 Å². The molecule has 7 heteroatoms. The molecule has 19 heavy (non-hydrogen) atoms. The molecule has 2 aromatic rings. The van der Waals surface area contributed by atoms with E-state index in [-0.39, 0.29) is 17.8 Å². The van der Waals surface area contributed by atoms with Gasteiger partial charge < -0.3 is 16.5 Å². The summed E-state index contributed by atoms with van der Waals surface area (Å²) in [4.78, 5) is 7.91. The van der Waals surface area contributed by atoms with E-state index >= 15 is 0 Å². The second-order valence-corrected chi connectivity index (χ2v) is 4.06. The fourth-order valence-electron chi connectivity index (χ4n) is 1.69. The van der Waals surface area contributed by atoms with Gasteiger partial charge in [0.1, 0.15) is 17.5 Å². The van der Waals surface area contributed by atoms with Crippen molar-refractivity contribution in [2.45, 2.75) is 13.0 Å². The second kappa shape index (κ2) is 5.49. The van der Waals surface area contributed by atoms with Crippen LogP contribution in [0.15, 0.2) is 30.3 Å². The summed E-state index contributed by atoms with van der Waals surface area (Å²) in [5.74, 6) is 6.01. The van der Waals surface area contributed by atoms with Crippen LogP contribution < -0.4 is 22.3 Å². The van der Waals surface area contributed by atoms with Crippen molar-refractivity contribution in [2.75, 3.05) is 16.5 Å². The van der Waals surface area contributed by atoms with Gasteiger partial charge in [0.2, 0.25) is 5.95 Å². The molecule has 1 aromatic carbocycles. The van der Waals surface area contributed by atoms with Crippen molar-refractivity contribution >= 4 is 17.6 Å². The number of halogens is 1. The number of nitrogens with one attached hydrogen (secondary N) is 2. The third-order valence-corrected chi connectivity index (χ3v) is 2.60. The van der Waals surface area contributed by atoms with Gasteiger partial charge in [-0.2, -0.15) is 9.97 Å². The first-order valence-corrected chi connectivity index (χ1v) is 5.71. The molecule has 0 saturated carbocycles. The SMILES string of the molecule is CC(Nc1cc(NN)nc(N)n1)c1cccc(F)c1. The molecule has 2 rings (SSSR count). The molecule has 0 fully saturated rings. The van der Waals surface area contributed by atoms with Gasteiger partial charge in [0.05, 0.1) is 6.04 Å². The van der Waals surface area contributed by atoms with Crippen molar-refractivity contribution in [3.8, 4) is 0 Å². The molecule has 0 aliphatic rings. The van der Waals surface area contributed by atoms with Crippen LogP contribution in [0, 0.1) is 5.82 Å². The third-order valence-electron chi connectivity index (χ3n) is 2.60.